The number of rotatable bonds is 8. The monoisotopic (exact) mass is 491 g/mol. The van der Waals surface area contributed by atoms with Crippen molar-refractivity contribution in [2.45, 2.75) is 26.8 Å². The lowest BCUT2D eigenvalue weighted by atomic mass is 10.1. The van der Waals surface area contributed by atoms with Crippen molar-refractivity contribution in [3.63, 3.8) is 0 Å². The van der Waals surface area contributed by atoms with Crippen LogP contribution in [0.2, 0.25) is 0 Å². The van der Waals surface area contributed by atoms with Crippen LogP contribution in [0, 0.1) is 11.7 Å². The minimum Gasteiger partial charge on any atom is -0.383 e. The number of aromatic nitrogens is 3. The number of nitrogens with zero attached hydrogens (tertiary/aromatic N) is 3. The zero-order valence-electron chi connectivity index (χ0n) is 19.9. The molecule has 2 heterocycles. The summed E-state index contributed by atoms with van der Waals surface area (Å²) in [6.45, 7) is 4.20. The van der Waals surface area contributed by atoms with Gasteiger partial charge in [0.1, 0.15) is 17.3 Å². The Hall–Kier alpha value is -4.47. The molecule has 0 aliphatic heterocycles. The molecule has 186 valence electrons. The first-order chi connectivity index (χ1) is 17.2. The number of H-pyrrole nitrogens is 1. The second-order valence-electron chi connectivity index (χ2n) is 8.79. The molecule has 10 heteroatoms. The zero-order chi connectivity index (χ0) is 25.8. The fourth-order valence-corrected chi connectivity index (χ4v) is 3.76. The van der Waals surface area contributed by atoms with Crippen molar-refractivity contribution >= 4 is 17.4 Å². The fourth-order valence-electron chi connectivity index (χ4n) is 3.76. The molecule has 2 aromatic heterocycles. The highest BCUT2D eigenvalue weighted by Gasteiger charge is 2.28. The van der Waals surface area contributed by atoms with Crippen molar-refractivity contribution in [1.82, 2.24) is 14.7 Å². The molecule has 0 fully saturated rings. The highest BCUT2D eigenvalue weighted by Crippen LogP contribution is 2.25. The van der Waals surface area contributed by atoms with Crippen molar-refractivity contribution in [2.24, 2.45) is 5.92 Å². The first-order valence-electron chi connectivity index (χ1n) is 11.5. The van der Waals surface area contributed by atoms with E-state index >= 15 is 0 Å². The summed E-state index contributed by atoms with van der Waals surface area (Å²) in [5.41, 5.74) is 6.19. The van der Waals surface area contributed by atoms with Gasteiger partial charge in [-0.05, 0) is 30.0 Å². The molecule has 9 nitrogen and oxygen atoms in total. The Morgan fingerprint density at radius 1 is 1.14 bits per heavy atom. The highest BCUT2D eigenvalue weighted by atomic mass is 19.1. The smallest absolute Gasteiger partial charge is 0.330 e. The third kappa shape index (κ3) is 5.27. The predicted octanol–water partition coefficient (Wildman–Crippen LogP) is 3.65. The van der Waals surface area contributed by atoms with Gasteiger partial charge in [0, 0.05) is 18.2 Å². The van der Waals surface area contributed by atoms with Gasteiger partial charge in [-0.25, -0.2) is 9.18 Å². The summed E-state index contributed by atoms with van der Waals surface area (Å²) in [4.78, 5) is 42.5. The van der Waals surface area contributed by atoms with E-state index in [0.717, 1.165) is 5.56 Å². The number of anilines is 2. The van der Waals surface area contributed by atoms with E-state index in [4.69, 9.17) is 10.3 Å². The molecule has 0 saturated heterocycles. The Morgan fingerprint density at radius 2 is 1.89 bits per heavy atom. The maximum Gasteiger partial charge on any atom is 0.330 e. The molecule has 0 saturated carbocycles. The summed E-state index contributed by atoms with van der Waals surface area (Å²) < 4.78 is 20.1. The standard InChI is InChI=1S/C26H26FN5O4/c1-16(2)11-12-31(25(34)21-14-20(30-36-21)18-9-6-10-19(27)13-18)22-23(28)32(26(35)29-24(22)33)15-17-7-4-3-5-8-17/h3-10,13-14,16H,11-12,15,28H2,1-2H3,(H,29,33,35). The summed E-state index contributed by atoms with van der Waals surface area (Å²) in [7, 11) is 0. The number of halogens is 1. The molecule has 36 heavy (non-hydrogen) atoms. The summed E-state index contributed by atoms with van der Waals surface area (Å²) in [6.07, 6.45) is 0.549. The second-order valence-corrected chi connectivity index (χ2v) is 8.79. The summed E-state index contributed by atoms with van der Waals surface area (Å²) in [5.74, 6) is -1.21. The van der Waals surface area contributed by atoms with E-state index in [1.807, 2.05) is 44.2 Å². The SMILES string of the molecule is CC(C)CCN(C(=O)c1cc(-c2cccc(F)c2)no1)c1c(N)n(Cc2ccccc2)c(=O)[nH]c1=O. The van der Waals surface area contributed by atoms with Crippen molar-refractivity contribution < 1.29 is 13.7 Å². The van der Waals surface area contributed by atoms with Crippen LogP contribution in [0.15, 0.2) is 74.8 Å². The fraction of sp³-hybridized carbons (Fsp3) is 0.231. The van der Waals surface area contributed by atoms with Gasteiger partial charge in [-0.2, -0.15) is 0 Å². The van der Waals surface area contributed by atoms with Crippen LogP contribution < -0.4 is 21.9 Å². The molecule has 0 bridgehead atoms. The van der Waals surface area contributed by atoms with E-state index in [0.29, 0.717) is 12.0 Å². The second kappa shape index (κ2) is 10.4. The van der Waals surface area contributed by atoms with Gasteiger partial charge < -0.3 is 10.3 Å². The number of carbonyl (C=O) groups is 1. The molecular weight excluding hydrogens is 465 g/mol. The van der Waals surface area contributed by atoms with Gasteiger partial charge in [-0.15, -0.1) is 0 Å². The Labute approximate surface area is 206 Å². The van der Waals surface area contributed by atoms with Crippen LogP contribution in [0.25, 0.3) is 11.3 Å². The number of hydrogen-bond acceptors (Lipinski definition) is 6. The van der Waals surface area contributed by atoms with Crippen LogP contribution in [0.5, 0.6) is 0 Å². The molecule has 0 aliphatic carbocycles. The Bertz CT molecular complexity index is 1490. The lowest BCUT2D eigenvalue weighted by Gasteiger charge is -2.24. The van der Waals surface area contributed by atoms with Gasteiger partial charge in [-0.1, -0.05) is 61.5 Å². The molecule has 1 amide bonds. The molecule has 4 rings (SSSR count). The molecule has 2 aromatic carbocycles. The van der Waals surface area contributed by atoms with Gasteiger partial charge in [0.05, 0.1) is 6.54 Å². The molecule has 0 aliphatic rings. The predicted molar refractivity (Wildman–Crippen MR) is 134 cm³/mol. The number of benzene rings is 2. The van der Waals surface area contributed by atoms with Crippen molar-refractivity contribution in [3.8, 4) is 11.3 Å². The number of nitrogen functional groups attached to an aromatic ring is 1. The number of carbonyl (C=O) groups excluding carboxylic acids is 1. The number of aromatic amines is 1. The lowest BCUT2D eigenvalue weighted by molar-refractivity contribution is 0.0950. The third-order valence-electron chi connectivity index (χ3n) is 5.68. The topological polar surface area (TPSA) is 127 Å². The van der Waals surface area contributed by atoms with Gasteiger partial charge in [0.2, 0.25) is 5.76 Å². The van der Waals surface area contributed by atoms with Crippen LogP contribution in [0.3, 0.4) is 0 Å². The van der Waals surface area contributed by atoms with Gasteiger partial charge in [0.25, 0.3) is 11.5 Å². The first-order valence-corrected chi connectivity index (χ1v) is 11.5. The normalized spacial score (nSPS) is 11.1. The van der Waals surface area contributed by atoms with Crippen molar-refractivity contribution in [2.75, 3.05) is 17.2 Å². The summed E-state index contributed by atoms with van der Waals surface area (Å²) in [6, 6.07) is 16.2. The maximum atomic E-state index is 13.6. The van der Waals surface area contributed by atoms with Crippen molar-refractivity contribution in [1.29, 1.82) is 0 Å². The quantitative estimate of drug-likeness (QED) is 0.387. The van der Waals surface area contributed by atoms with Crippen LogP contribution in [0.1, 0.15) is 36.4 Å². The van der Waals surface area contributed by atoms with Crippen LogP contribution in [0.4, 0.5) is 15.9 Å². The minimum absolute atomic E-state index is 0.105. The first kappa shape index (κ1) is 24.6. The zero-order valence-corrected chi connectivity index (χ0v) is 19.9. The molecule has 4 aromatic rings. The van der Waals surface area contributed by atoms with Gasteiger partial charge in [-0.3, -0.25) is 24.0 Å². The number of nitrogens with one attached hydrogen (secondary N) is 1. The summed E-state index contributed by atoms with van der Waals surface area (Å²) in [5, 5.41) is 3.89. The van der Waals surface area contributed by atoms with E-state index < -0.39 is 23.0 Å². The van der Waals surface area contributed by atoms with Gasteiger partial charge in [0.15, 0.2) is 5.69 Å². The number of hydrogen-bond donors (Lipinski definition) is 2. The van der Waals surface area contributed by atoms with E-state index in [9.17, 15) is 18.8 Å². The van der Waals surface area contributed by atoms with E-state index in [2.05, 4.69) is 10.1 Å². The maximum absolute atomic E-state index is 13.6. The van der Waals surface area contributed by atoms with Gasteiger partial charge >= 0.3 is 5.69 Å². The molecule has 0 radical (unpaired) electrons. The van der Waals surface area contributed by atoms with Crippen LogP contribution in [-0.4, -0.2) is 27.2 Å². The average molecular weight is 492 g/mol. The Balaban J connectivity index is 1.76. The van der Waals surface area contributed by atoms with Crippen LogP contribution >= 0.6 is 0 Å². The lowest BCUT2D eigenvalue weighted by Crippen LogP contribution is -2.42. The third-order valence-corrected chi connectivity index (χ3v) is 5.68. The summed E-state index contributed by atoms with van der Waals surface area (Å²) >= 11 is 0. The average Bonchev–Trinajstić information content (AvgIpc) is 3.34. The molecule has 3 N–H and O–H groups in total. The highest BCUT2D eigenvalue weighted by molar-refractivity contribution is 6.05. The molecule has 0 unspecified atom stereocenters. The largest absolute Gasteiger partial charge is 0.383 e. The molecule has 0 atom stereocenters. The van der Waals surface area contributed by atoms with E-state index in [1.165, 1.54) is 33.7 Å². The number of nitrogens with two attached hydrogens (primary N) is 1. The number of amides is 1. The van der Waals surface area contributed by atoms with Crippen LogP contribution in [-0.2, 0) is 6.54 Å². The molecule has 0 spiro atoms. The van der Waals surface area contributed by atoms with Crippen molar-refractivity contribution in [3.05, 3.63) is 98.6 Å². The Morgan fingerprint density at radius 3 is 2.58 bits per heavy atom. The minimum atomic E-state index is -0.788. The van der Waals surface area contributed by atoms with E-state index in [1.54, 1.807) is 6.07 Å². The molecular formula is C26H26FN5O4. The Kier molecular flexibility index (Phi) is 7.14. The van der Waals surface area contributed by atoms with E-state index in [-0.39, 0.29) is 42.0 Å².